The summed E-state index contributed by atoms with van der Waals surface area (Å²) in [5.74, 6) is 0.798. The van der Waals surface area contributed by atoms with Crippen molar-refractivity contribution in [3.8, 4) is 0 Å². The van der Waals surface area contributed by atoms with Crippen LogP contribution < -0.4 is 0 Å². The van der Waals surface area contributed by atoms with E-state index in [1.54, 1.807) is 0 Å². The minimum Gasteiger partial charge on any atom is -0.292 e. The summed E-state index contributed by atoms with van der Waals surface area (Å²) in [6.45, 7) is 0.958. The summed E-state index contributed by atoms with van der Waals surface area (Å²) in [7, 11) is 0. The zero-order valence-corrected chi connectivity index (χ0v) is 15.9. The van der Waals surface area contributed by atoms with Crippen LogP contribution in [0, 0.1) is 0 Å². The number of halogens is 1. The minimum absolute atomic E-state index is 0.742. The molecule has 2 fully saturated rings. The average Bonchev–Trinajstić information content (AvgIpc) is 2.97. The van der Waals surface area contributed by atoms with Crippen LogP contribution in [0.15, 0.2) is 23.1 Å². The zero-order chi connectivity index (χ0) is 16.4. The van der Waals surface area contributed by atoms with E-state index < -0.39 is 0 Å². The van der Waals surface area contributed by atoms with Crippen molar-refractivity contribution in [2.45, 2.75) is 82.8 Å². The molecule has 2 saturated carbocycles. The quantitative estimate of drug-likeness (QED) is 0.739. The van der Waals surface area contributed by atoms with Crippen molar-refractivity contribution in [1.82, 2.24) is 19.3 Å². The smallest absolute Gasteiger partial charge is 0.234 e. The third kappa shape index (κ3) is 3.38. The Balaban J connectivity index is 1.60. The number of rotatable bonds is 4. The Kier molecular flexibility index (Phi) is 5.18. The van der Waals surface area contributed by atoms with Gasteiger partial charge in [0.25, 0.3) is 0 Å². The lowest BCUT2D eigenvalue weighted by Crippen LogP contribution is -2.44. The summed E-state index contributed by atoms with van der Waals surface area (Å²) in [6.07, 6.45) is 17.7. The summed E-state index contributed by atoms with van der Waals surface area (Å²) in [4.78, 5) is 12.0. The van der Waals surface area contributed by atoms with Gasteiger partial charge in [0.05, 0.1) is 5.69 Å². The Hall–Kier alpha value is -0.940. The molecule has 0 atom stereocenters. The van der Waals surface area contributed by atoms with Crippen LogP contribution in [-0.2, 0) is 6.54 Å². The second-order valence-electron chi connectivity index (χ2n) is 7.40. The van der Waals surface area contributed by atoms with Gasteiger partial charge >= 0.3 is 0 Å². The van der Waals surface area contributed by atoms with Gasteiger partial charge in [-0.05, 0) is 47.7 Å². The van der Waals surface area contributed by atoms with Gasteiger partial charge in [-0.2, -0.15) is 0 Å². The van der Waals surface area contributed by atoms with Gasteiger partial charge < -0.3 is 0 Å². The van der Waals surface area contributed by atoms with Crippen molar-refractivity contribution in [2.24, 2.45) is 0 Å². The lowest BCUT2D eigenvalue weighted by atomic mass is 9.88. The van der Waals surface area contributed by atoms with Gasteiger partial charge in [-0.15, -0.1) is 0 Å². The Morgan fingerprint density at radius 1 is 1.00 bits per heavy atom. The van der Waals surface area contributed by atoms with E-state index in [9.17, 15) is 0 Å². The van der Waals surface area contributed by atoms with E-state index in [0.717, 1.165) is 34.7 Å². The van der Waals surface area contributed by atoms with E-state index in [-0.39, 0.29) is 0 Å². The fraction of sp³-hybridized carbons (Fsp3) is 0.684. The van der Waals surface area contributed by atoms with Gasteiger partial charge in [-0.3, -0.25) is 9.30 Å². The fourth-order valence-electron chi connectivity index (χ4n) is 4.56. The van der Waals surface area contributed by atoms with Crippen molar-refractivity contribution in [2.75, 3.05) is 0 Å². The first-order chi connectivity index (χ1) is 11.8. The third-order valence-electron chi connectivity index (χ3n) is 5.83. The van der Waals surface area contributed by atoms with Gasteiger partial charge in [0.2, 0.25) is 5.78 Å². The molecule has 0 bridgehead atoms. The van der Waals surface area contributed by atoms with Crippen molar-refractivity contribution in [1.29, 1.82) is 0 Å². The fourth-order valence-corrected chi connectivity index (χ4v) is 5.05. The molecule has 2 aromatic rings. The summed E-state index contributed by atoms with van der Waals surface area (Å²) in [5, 5.41) is 0. The van der Waals surface area contributed by atoms with Crippen molar-refractivity contribution in [3.63, 3.8) is 0 Å². The van der Waals surface area contributed by atoms with Crippen LogP contribution in [0.3, 0.4) is 0 Å². The van der Waals surface area contributed by atoms with Crippen LogP contribution in [0.5, 0.6) is 0 Å². The topological polar surface area (TPSA) is 33.4 Å². The first-order valence-corrected chi connectivity index (χ1v) is 10.4. The maximum absolute atomic E-state index is 4.81. The summed E-state index contributed by atoms with van der Waals surface area (Å²) >= 11 is 3.76. The second-order valence-corrected chi connectivity index (χ2v) is 8.15. The maximum atomic E-state index is 4.81. The molecule has 2 heterocycles. The van der Waals surface area contributed by atoms with Crippen LogP contribution in [0.25, 0.3) is 5.78 Å². The highest BCUT2D eigenvalue weighted by Crippen LogP contribution is 2.32. The van der Waals surface area contributed by atoms with E-state index in [1.807, 2.05) is 18.5 Å². The van der Waals surface area contributed by atoms with E-state index >= 15 is 0 Å². The molecule has 4 nitrogen and oxygen atoms in total. The largest absolute Gasteiger partial charge is 0.292 e. The van der Waals surface area contributed by atoms with Crippen LogP contribution in [0.2, 0.25) is 0 Å². The standard InChI is InChI=1S/C19H27BrN4/c20-18-17(22-19-21-12-7-13-23(18)19)14-24(15-8-3-1-4-9-15)16-10-5-2-6-11-16/h7,12-13,15-16H,1-6,8-11,14H2. The lowest BCUT2D eigenvalue weighted by molar-refractivity contribution is 0.0718. The number of hydrogen-bond donors (Lipinski definition) is 0. The monoisotopic (exact) mass is 390 g/mol. The predicted molar refractivity (Wildman–Crippen MR) is 100.0 cm³/mol. The molecule has 130 valence electrons. The highest BCUT2D eigenvalue weighted by molar-refractivity contribution is 9.10. The highest BCUT2D eigenvalue weighted by atomic mass is 79.9. The second kappa shape index (κ2) is 7.52. The Bertz CT molecular complexity index is 653. The van der Waals surface area contributed by atoms with Gasteiger partial charge in [-0.1, -0.05) is 38.5 Å². The Morgan fingerprint density at radius 2 is 1.62 bits per heavy atom. The van der Waals surface area contributed by atoms with E-state index in [4.69, 9.17) is 4.98 Å². The van der Waals surface area contributed by atoms with Crippen LogP contribution in [0.4, 0.5) is 0 Å². The normalized spacial score (nSPS) is 20.9. The number of hydrogen-bond acceptors (Lipinski definition) is 3. The van der Waals surface area contributed by atoms with Crippen molar-refractivity contribution in [3.05, 3.63) is 28.8 Å². The third-order valence-corrected chi connectivity index (χ3v) is 6.67. The van der Waals surface area contributed by atoms with Gasteiger partial charge in [0, 0.05) is 31.0 Å². The molecule has 2 aliphatic carbocycles. The minimum atomic E-state index is 0.742. The molecular formula is C19H27BrN4. The molecule has 0 N–H and O–H groups in total. The van der Waals surface area contributed by atoms with E-state index in [0.29, 0.717) is 0 Å². The molecule has 5 heteroatoms. The molecule has 2 aromatic heterocycles. The average molecular weight is 391 g/mol. The number of aromatic nitrogens is 3. The summed E-state index contributed by atoms with van der Waals surface area (Å²) in [5.41, 5.74) is 1.14. The maximum Gasteiger partial charge on any atom is 0.234 e. The van der Waals surface area contributed by atoms with Crippen molar-refractivity contribution < 1.29 is 0 Å². The molecule has 0 aliphatic heterocycles. The van der Waals surface area contributed by atoms with Crippen LogP contribution in [-0.4, -0.2) is 31.4 Å². The molecule has 0 amide bonds. The number of fused-ring (bicyclic) bond motifs is 1. The number of nitrogens with zero attached hydrogens (tertiary/aromatic N) is 4. The first-order valence-electron chi connectivity index (χ1n) is 9.56. The zero-order valence-electron chi connectivity index (χ0n) is 14.3. The van der Waals surface area contributed by atoms with Crippen molar-refractivity contribution >= 4 is 21.7 Å². The van der Waals surface area contributed by atoms with Gasteiger partial charge in [0.15, 0.2) is 0 Å². The van der Waals surface area contributed by atoms with Gasteiger partial charge in [0.1, 0.15) is 4.60 Å². The summed E-state index contributed by atoms with van der Waals surface area (Å²) in [6, 6.07) is 3.45. The Labute approximate surface area is 152 Å². The van der Waals surface area contributed by atoms with Gasteiger partial charge in [-0.25, -0.2) is 9.97 Å². The molecule has 24 heavy (non-hydrogen) atoms. The molecule has 0 aromatic carbocycles. The SMILES string of the molecule is Brc1c(CN(C2CCCCC2)C2CCCCC2)nc2ncccn12. The highest BCUT2D eigenvalue weighted by Gasteiger charge is 2.30. The Morgan fingerprint density at radius 3 is 2.21 bits per heavy atom. The molecule has 4 rings (SSSR count). The molecule has 0 radical (unpaired) electrons. The van der Waals surface area contributed by atoms with Crippen LogP contribution >= 0.6 is 15.9 Å². The number of imidazole rings is 1. The van der Waals surface area contributed by atoms with Crippen LogP contribution in [0.1, 0.15) is 69.9 Å². The lowest BCUT2D eigenvalue weighted by Gasteiger charge is -2.41. The summed E-state index contributed by atoms with van der Waals surface area (Å²) < 4.78 is 3.12. The van der Waals surface area contributed by atoms with E-state index in [1.165, 1.54) is 64.2 Å². The molecule has 0 saturated heterocycles. The first kappa shape index (κ1) is 16.5. The molecule has 0 unspecified atom stereocenters. The molecule has 0 spiro atoms. The molecule has 2 aliphatic rings. The molecular weight excluding hydrogens is 364 g/mol. The predicted octanol–water partition coefficient (Wildman–Crippen LogP) is 4.96. The van der Waals surface area contributed by atoms with E-state index in [2.05, 4.69) is 30.2 Å².